The third-order valence-corrected chi connectivity index (χ3v) is 6.06. The maximum Gasteiger partial charge on any atom is 0.123 e. The van der Waals surface area contributed by atoms with Crippen molar-refractivity contribution in [1.82, 2.24) is 4.90 Å². The molecule has 3 rings (SSSR count). The van der Waals surface area contributed by atoms with Gasteiger partial charge in [-0.3, -0.25) is 0 Å². The van der Waals surface area contributed by atoms with E-state index in [1.807, 2.05) is 14.1 Å². The van der Waals surface area contributed by atoms with E-state index in [1.54, 1.807) is 12.1 Å². The summed E-state index contributed by atoms with van der Waals surface area (Å²) in [5, 5.41) is 11.7. The third kappa shape index (κ3) is 4.80. The highest BCUT2D eigenvalue weighted by atomic mass is 19.1. The van der Waals surface area contributed by atoms with Crippen molar-refractivity contribution in [2.45, 2.75) is 51.4 Å². The molecular formula is C24H32FNO2. The molecule has 0 aromatic heterocycles. The molecule has 1 aliphatic rings. The van der Waals surface area contributed by atoms with Crippen molar-refractivity contribution in [3.05, 3.63) is 70.5 Å². The maximum absolute atomic E-state index is 13.1. The minimum atomic E-state index is -0.835. The van der Waals surface area contributed by atoms with Crippen LogP contribution in [0, 0.1) is 25.6 Å². The normalized spacial score (nSPS) is 25.2. The molecule has 2 aromatic rings. The topological polar surface area (TPSA) is 32.7 Å². The molecule has 3 nitrogen and oxygen atoms in total. The molecule has 4 heteroatoms. The van der Waals surface area contributed by atoms with Gasteiger partial charge in [-0.05, 0) is 81.6 Å². The van der Waals surface area contributed by atoms with Crippen LogP contribution in [0.4, 0.5) is 4.39 Å². The van der Waals surface area contributed by atoms with Crippen LogP contribution in [-0.2, 0) is 16.9 Å². The lowest BCUT2D eigenvalue weighted by Gasteiger charge is -2.44. The summed E-state index contributed by atoms with van der Waals surface area (Å²) >= 11 is 0. The van der Waals surface area contributed by atoms with E-state index in [2.05, 4.69) is 36.9 Å². The number of hydrogen-bond acceptors (Lipinski definition) is 3. The fourth-order valence-corrected chi connectivity index (χ4v) is 4.22. The summed E-state index contributed by atoms with van der Waals surface area (Å²) in [7, 11) is 4.09. The average molecular weight is 386 g/mol. The van der Waals surface area contributed by atoms with Crippen molar-refractivity contribution < 1.29 is 14.2 Å². The predicted molar refractivity (Wildman–Crippen MR) is 111 cm³/mol. The first-order chi connectivity index (χ1) is 13.3. The molecule has 0 amide bonds. The fourth-order valence-electron chi connectivity index (χ4n) is 4.22. The van der Waals surface area contributed by atoms with Gasteiger partial charge in [-0.1, -0.05) is 30.3 Å². The number of halogens is 1. The van der Waals surface area contributed by atoms with E-state index in [-0.39, 0.29) is 17.8 Å². The van der Waals surface area contributed by atoms with E-state index in [0.29, 0.717) is 13.0 Å². The van der Waals surface area contributed by atoms with Gasteiger partial charge in [0.1, 0.15) is 5.82 Å². The molecule has 0 radical (unpaired) electrons. The molecule has 1 aliphatic carbocycles. The second-order valence-electron chi connectivity index (χ2n) is 8.52. The summed E-state index contributed by atoms with van der Waals surface area (Å²) in [6.07, 6.45) is 2.40. The largest absolute Gasteiger partial charge is 0.385 e. The summed E-state index contributed by atoms with van der Waals surface area (Å²) in [4.78, 5) is 2.14. The molecule has 0 spiro atoms. The van der Waals surface area contributed by atoms with Gasteiger partial charge < -0.3 is 14.7 Å². The quantitative estimate of drug-likeness (QED) is 0.790. The van der Waals surface area contributed by atoms with Gasteiger partial charge in [-0.25, -0.2) is 4.39 Å². The van der Waals surface area contributed by atoms with Gasteiger partial charge in [0.25, 0.3) is 0 Å². The Balaban J connectivity index is 1.73. The molecule has 0 saturated heterocycles. The van der Waals surface area contributed by atoms with Crippen molar-refractivity contribution in [2.24, 2.45) is 5.92 Å². The number of hydrogen-bond donors (Lipinski definition) is 1. The Bertz CT molecular complexity index is 790. The third-order valence-electron chi connectivity index (χ3n) is 6.06. The summed E-state index contributed by atoms with van der Waals surface area (Å²) in [5.74, 6) is -0.137. The summed E-state index contributed by atoms with van der Waals surface area (Å²) in [5.41, 5.74) is 3.61. The second kappa shape index (κ2) is 8.73. The Morgan fingerprint density at radius 1 is 1.11 bits per heavy atom. The van der Waals surface area contributed by atoms with Crippen LogP contribution in [0.2, 0.25) is 0 Å². The second-order valence-corrected chi connectivity index (χ2v) is 8.52. The van der Waals surface area contributed by atoms with Gasteiger partial charge in [-0.2, -0.15) is 0 Å². The highest BCUT2D eigenvalue weighted by Gasteiger charge is 2.43. The van der Waals surface area contributed by atoms with Crippen LogP contribution in [-0.4, -0.2) is 36.8 Å². The van der Waals surface area contributed by atoms with Crippen LogP contribution in [0.25, 0.3) is 0 Å². The van der Waals surface area contributed by atoms with Gasteiger partial charge in [0.15, 0.2) is 0 Å². The first-order valence-electron chi connectivity index (χ1n) is 10.1. The van der Waals surface area contributed by atoms with E-state index in [4.69, 9.17) is 4.74 Å². The first kappa shape index (κ1) is 21.0. The molecule has 1 N–H and O–H groups in total. The lowest BCUT2D eigenvalue weighted by atomic mass is 9.70. The van der Waals surface area contributed by atoms with Crippen LogP contribution >= 0.6 is 0 Å². The van der Waals surface area contributed by atoms with Gasteiger partial charge in [-0.15, -0.1) is 0 Å². The lowest BCUT2D eigenvalue weighted by Crippen LogP contribution is -2.46. The highest BCUT2D eigenvalue weighted by molar-refractivity contribution is 5.34. The maximum atomic E-state index is 13.1. The van der Waals surface area contributed by atoms with Gasteiger partial charge in [0.05, 0.1) is 18.3 Å². The molecule has 2 aromatic carbocycles. The summed E-state index contributed by atoms with van der Waals surface area (Å²) in [6.45, 7) is 5.47. The van der Waals surface area contributed by atoms with E-state index < -0.39 is 5.60 Å². The SMILES string of the molecule is Cc1ccc(C2(O)CCC(OCc3ccc(F)cc3)CC2CN(C)C)cc1C. The number of benzene rings is 2. The molecule has 28 heavy (non-hydrogen) atoms. The summed E-state index contributed by atoms with van der Waals surface area (Å²) < 4.78 is 19.2. The monoisotopic (exact) mass is 385 g/mol. The predicted octanol–water partition coefficient (Wildman–Crippen LogP) is 4.58. The average Bonchev–Trinajstić information content (AvgIpc) is 2.65. The molecule has 3 unspecified atom stereocenters. The lowest BCUT2D eigenvalue weighted by molar-refractivity contribution is -0.110. The van der Waals surface area contributed by atoms with Crippen molar-refractivity contribution in [2.75, 3.05) is 20.6 Å². The molecular weight excluding hydrogens is 353 g/mol. The van der Waals surface area contributed by atoms with Gasteiger partial charge >= 0.3 is 0 Å². The van der Waals surface area contributed by atoms with E-state index in [1.165, 1.54) is 23.3 Å². The van der Waals surface area contributed by atoms with Crippen molar-refractivity contribution in [1.29, 1.82) is 0 Å². The zero-order valence-corrected chi connectivity index (χ0v) is 17.4. The smallest absolute Gasteiger partial charge is 0.123 e. The van der Waals surface area contributed by atoms with Crippen LogP contribution in [0.15, 0.2) is 42.5 Å². The minimum absolute atomic E-state index is 0.0940. The molecule has 3 atom stereocenters. The van der Waals surface area contributed by atoms with E-state index >= 15 is 0 Å². The van der Waals surface area contributed by atoms with Crippen LogP contribution in [0.3, 0.4) is 0 Å². The molecule has 0 bridgehead atoms. The van der Waals surface area contributed by atoms with Gasteiger partial charge in [0, 0.05) is 12.5 Å². The van der Waals surface area contributed by atoms with E-state index in [9.17, 15) is 9.50 Å². The van der Waals surface area contributed by atoms with Crippen LogP contribution < -0.4 is 0 Å². The van der Waals surface area contributed by atoms with Crippen molar-refractivity contribution in [3.63, 3.8) is 0 Å². The minimum Gasteiger partial charge on any atom is -0.385 e. The number of aliphatic hydroxyl groups is 1. The molecule has 1 saturated carbocycles. The standard InChI is InChI=1S/C24H32FNO2/c1-17-5-8-20(13-18(17)2)24(27)12-11-23(14-21(24)15-26(3)4)28-16-19-6-9-22(25)10-7-19/h5-10,13,21,23,27H,11-12,14-16H2,1-4H3. The Hall–Kier alpha value is -1.75. The number of ether oxygens (including phenoxy) is 1. The Labute approximate surface area is 168 Å². The molecule has 0 heterocycles. The summed E-state index contributed by atoms with van der Waals surface area (Å²) in [6, 6.07) is 12.8. The first-order valence-corrected chi connectivity index (χ1v) is 10.1. The number of aryl methyl sites for hydroxylation is 2. The van der Waals surface area contributed by atoms with Gasteiger partial charge in [0.2, 0.25) is 0 Å². The zero-order chi connectivity index (χ0) is 20.3. The molecule has 0 aliphatic heterocycles. The Morgan fingerprint density at radius 2 is 1.82 bits per heavy atom. The number of nitrogens with zero attached hydrogens (tertiary/aromatic N) is 1. The van der Waals surface area contributed by atoms with Crippen molar-refractivity contribution >= 4 is 0 Å². The fraction of sp³-hybridized carbons (Fsp3) is 0.500. The molecule has 152 valence electrons. The Morgan fingerprint density at radius 3 is 2.46 bits per heavy atom. The highest BCUT2D eigenvalue weighted by Crippen LogP contribution is 2.43. The Kier molecular flexibility index (Phi) is 6.54. The van der Waals surface area contributed by atoms with E-state index in [0.717, 1.165) is 30.5 Å². The number of rotatable bonds is 6. The van der Waals surface area contributed by atoms with Crippen LogP contribution in [0.5, 0.6) is 0 Å². The van der Waals surface area contributed by atoms with Crippen molar-refractivity contribution in [3.8, 4) is 0 Å². The zero-order valence-electron chi connectivity index (χ0n) is 17.4. The van der Waals surface area contributed by atoms with Crippen LogP contribution in [0.1, 0.15) is 41.5 Å². The molecule has 1 fully saturated rings.